The zero-order valence-corrected chi connectivity index (χ0v) is 17.0. The predicted octanol–water partition coefficient (Wildman–Crippen LogP) is 3.80. The van der Waals surface area contributed by atoms with Crippen molar-refractivity contribution in [3.05, 3.63) is 65.9 Å². The second-order valence-corrected chi connectivity index (χ2v) is 8.91. The average Bonchev–Trinajstić information content (AvgIpc) is 3.54. The number of carbonyl (C=O) groups is 1. The van der Waals surface area contributed by atoms with E-state index in [4.69, 9.17) is 4.74 Å². The van der Waals surface area contributed by atoms with Gasteiger partial charge in [0.15, 0.2) is 0 Å². The molecule has 1 aromatic heterocycles. The van der Waals surface area contributed by atoms with Crippen molar-refractivity contribution in [3.8, 4) is 5.75 Å². The molecule has 0 aliphatic heterocycles. The number of benzene rings is 2. The third kappa shape index (κ3) is 3.71. The number of ether oxygens (including phenoxy) is 1. The summed E-state index contributed by atoms with van der Waals surface area (Å²) < 4.78 is 72.8. The molecule has 0 saturated heterocycles. The van der Waals surface area contributed by atoms with Crippen LogP contribution in [0, 0.1) is 0 Å². The van der Waals surface area contributed by atoms with Crippen molar-refractivity contribution in [1.82, 2.24) is 9.71 Å². The molecule has 10 heteroatoms. The highest BCUT2D eigenvalue weighted by Crippen LogP contribution is 2.52. The Bertz CT molecular complexity index is 1280. The first-order valence-electron chi connectivity index (χ1n) is 9.25. The van der Waals surface area contributed by atoms with Gasteiger partial charge in [-0.3, -0.25) is 9.78 Å². The minimum absolute atomic E-state index is 0.0112. The summed E-state index contributed by atoms with van der Waals surface area (Å²) in [5.74, 6) is -0.807. The quantitative estimate of drug-likeness (QED) is 0.639. The highest BCUT2D eigenvalue weighted by molar-refractivity contribution is 7.90. The van der Waals surface area contributed by atoms with E-state index in [0.29, 0.717) is 10.9 Å². The second kappa shape index (κ2) is 7.23. The van der Waals surface area contributed by atoms with Gasteiger partial charge in [-0.05, 0) is 55.3 Å². The maximum absolute atomic E-state index is 13.2. The molecule has 162 valence electrons. The lowest BCUT2D eigenvalue weighted by Crippen LogP contribution is -2.39. The first-order chi connectivity index (χ1) is 14.6. The van der Waals surface area contributed by atoms with Crippen molar-refractivity contribution >= 4 is 26.8 Å². The number of rotatable bonds is 5. The zero-order chi connectivity index (χ0) is 22.4. The number of aromatic nitrogens is 1. The molecular formula is C21H17F3N2O4S. The molecule has 1 fully saturated rings. The topological polar surface area (TPSA) is 85.4 Å². The van der Waals surface area contributed by atoms with Crippen LogP contribution in [0.5, 0.6) is 5.75 Å². The van der Waals surface area contributed by atoms with Crippen LogP contribution in [-0.2, 0) is 26.4 Å². The smallest absolute Gasteiger partial charge is 0.416 e. The number of carbonyl (C=O) groups excluding carboxylic acids is 1. The Morgan fingerprint density at radius 2 is 1.87 bits per heavy atom. The zero-order valence-electron chi connectivity index (χ0n) is 16.2. The maximum atomic E-state index is 13.2. The lowest BCUT2D eigenvalue weighted by atomic mass is 9.92. The summed E-state index contributed by atoms with van der Waals surface area (Å²) in [6, 6.07) is 10.4. The van der Waals surface area contributed by atoms with Crippen LogP contribution in [0.1, 0.15) is 24.0 Å². The van der Waals surface area contributed by atoms with E-state index < -0.39 is 33.1 Å². The number of amides is 1. The van der Waals surface area contributed by atoms with Crippen molar-refractivity contribution in [1.29, 1.82) is 0 Å². The Balaban J connectivity index is 1.72. The molecule has 3 aromatic rings. The van der Waals surface area contributed by atoms with Crippen LogP contribution in [0.2, 0.25) is 0 Å². The minimum Gasteiger partial charge on any atom is -0.496 e. The third-order valence-electron chi connectivity index (χ3n) is 5.35. The van der Waals surface area contributed by atoms with Crippen LogP contribution in [0.25, 0.3) is 10.9 Å². The van der Waals surface area contributed by atoms with Crippen LogP contribution in [0.15, 0.2) is 59.6 Å². The molecule has 0 bridgehead atoms. The number of halogens is 3. The van der Waals surface area contributed by atoms with E-state index >= 15 is 0 Å². The van der Waals surface area contributed by atoms with E-state index in [-0.39, 0.29) is 29.1 Å². The van der Waals surface area contributed by atoms with Gasteiger partial charge in [0.05, 0.1) is 28.5 Å². The molecule has 4 rings (SSSR count). The Morgan fingerprint density at radius 1 is 1.13 bits per heavy atom. The molecule has 1 aliphatic carbocycles. The van der Waals surface area contributed by atoms with Crippen molar-refractivity contribution in [2.45, 2.75) is 29.3 Å². The number of hydrogen-bond acceptors (Lipinski definition) is 5. The molecule has 1 N–H and O–H groups in total. The van der Waals surface area contributed by atoms with E-state index in [1.165, 1.54) is 25.4 Å². The highest BCUT2D eigenvalue weighted by Gasteiger charge is 2.54. The third-order valence-corrected chi connectivity index (χ3v) is 6.74. The van der Waals surface area contributed by atoms with Crippen LogP contribution in [0.4, 0.5) is 13.2 Å². The van der Waals surface area contributed by atoms with Crippen molar-refractivity contribution in [2.75, 3.05) is 7.11 Å². The summed E-state index contributed by atoms with van der Waals surface area (Å²) in [6.45, 7) is 0. The Morgan fingerprint density at radius 3 is 2.52 bits per heavy atom. The fourth-order valence-electron chi connectivity index (χ4n) is 3.59. The van der Waals surface area contributed by atoms with Gasteiger partial charge in [0, 0.05) is 17.1 Å². The Labute approximate surface area is 176 Å². The normalized spacial score (nSPS) is 15.5. The maximum Gasteiger partial charge on any atom is 0.416 e. The van der Waals surface area contributed by atoms with Crippen LogP contribution in [0.3, 0.4) is 0 Å². The van der Waals surface area contributed by atoms with E-state index in [9.17, 15) is 26.4 Å². The summed E-state index contributed by atoms with van der Waals surface area (Å²) >= 11 is 0. The van der Waals surface area contributed by atoms with Gasteiger partial charge in [-0.2, -0.15) is 13.2 Å². The number of methoxy groups -OCH3 is 1. The molecule has 0 unspecified atom stereocenters. The number of alkyl halides is 3. The van der Waals surface area contributed by atoms with Crippen molar-refractivity contribution in [2.24, 2.45) is 0 Å². The summed E-state index contributed by atoms with van der Waals surface area (Å²) in [5.41, 5.74) is -1.91. The number of pyridine rings is 1. The number of hydrogen-bond donors (Lipinski definition) is 1. The molecule has 1 heterocycles. The van der Waals surface area contributed by atoms with E-state index in [1.54, 1.807) is 18.2 Å². The lowest BCUT2D eigenvalue weighted by Gasteiger charge is -2.20. The van der Waals surface area contributed by atoms with Crippen molar-refractivity contribution < 1.29 is 31.1 Å². The Hall–Kier alpha value is -3.14. The fourth-order valence-corrected chi connectivity index (χ4v) is 4.86. The van der Waals surface area contributed by atoms with Gasteiger partial charge in [0.1, 0.15) is 5.75 Å². The molecule has 1 amide bonds. The molecular weight excluding hydrogens is 433 g/mol. The molecule has 2 aromatic carbocycles. The van der Waals surface area contributed by atoms with Gasteiger partial charge in [-0.15, -0.1) is 0 Å². The fraction of sp³-hybridized carbons (Fsp3) is 0.238. The number of nitrogens with zero attached hydrogens (tertiary/aromatic N) is 1. The molecule has 31 heavy (non-hydrogen) atoms. The van der Waals surface area contributed by atoms with E-state index in [1.807, 2.05) is 4.72 Å². The molecule has 1 aliphatic rings. The van der Waals surface area contributed by atoms with Crippen LogP contribution in [-0.4, -0.2) is 26.4 Å². The van der Waals surface area contributed by atoms with Crippen molar-refractivity contribution in [3.63, 3.8) is 0 Å². The van der Waals surface area contributed by atoms with Gasteiger partial charge >= 0.3 is 6.18 Å². The first-order valence-corrected chi connectivity index (χ1v) is 10.7. The standard InChI is InChI=1S/C21H17F3N2O4S/c1-30-17-8-7-13(21(22,23)24)12-15(17)20(9-10-20)19(27)26-31(28,29)18-6-2-5-16-14(18)4-3-11-25-16/h2-8,11-12H,9-10H2,1H3,(H,26,27). The number of fused-ring (bicyclic) bond motifs is 1. The summed E-state index contributed by atoms with van der Waals surface area (Å²) in [5, 5.41) is 0.326. The largest absolute Gasteiger partial charge is 0.496 e. The number of sulfonamides is 1. The van der Waals surface area contributed by atoms with Gasteiger partial charge < -0.3 is 4.74 Å². The molecule has 0 atom stereocenters. The number of nitrogens with one attached hydrogen (secondary N) is 1. The van der Waals surface area contributed by atoms with Gasteiger partial charge in [-0.1, -0.05) is 6.07 Å². The highest BCUT2D eigenvalue weighted by atomic mass is 32.2. The average molecular weight is 450 g/mol. The van der Waals surface area contributed by atoms with Gasteiger partial charge in [0.25, 0.3) is 10.0 Å². The molecule has 0 spiro atoms. The minimum atomic E-state index is -4.62. The molecule has 6 nitrogen and oxygen atoms in total. The molecule has 0 radical (unpaired) electrons. The summed E-state index contributed by atoms with van der Waals surface area (Å²) in [7, 11) is -3.02. The van der Waals surface area contributed by atoms with E-state index in [0.717, 1.165) is 18.2 Å². The van der Waals surface area contributed by atoms with Crippen LogP contribution >= 0.6 is 0 Å². The second-order valence-electron chi connectivity index (χ2n) is 7.26. The first kappa shape index (κ1) is 21.1. The van der Waals surface area contributed by atoms with Crippen LogP contribution < -0.4 is 9.46 Å². The molecule has 1 saturated carbocycles. The Kier molecular flexibility index (Phi) is 4.92. The summed E-state index contributed by atoms with van der Waals surface area (Å²) in [6.07, 6.45) is -2.71. The SMILES string of the molecule is COc1ccc(C(F)(F)F)cc1C1(C(=O)NS(=O)(=O)c2cccc3ncccc23)CC1. The van der Waals surface area contributed by atoms with Gasteiger partial charge in [0.2, 0.25) is 5.91 Å². The van der Waals surface area contributed by atoms with E-state index in [2.05, 4.69) is 4.98 Å². The summed E-state index contributed by atoms with van der Waals surface area (Å²) in [4.78, 5) is 17.0. The lowest BCUT2D eigenvalue weighted by molar-refractivity contribution is -0.137. The van der Waals surface area contributed by atoms with Gasteiger partial charge in [-0.25, -0.2) is 13.1 Å². The monoisotopic (exact) mass is 450 g/mol. The predicted molar refractivity (Wildman–Crippen MR) is 106 cm³/mol.